The molecule has 1 aromatic rings. The molecule has 1 N–H and O–H groups in total. The molecule has 88 valence electrons. The van der Waals surface area contributed by atoms with Crippen molar-refractivity contribution >= 4 is 0 Å². The van der Waals surface area contributed by atoms with E-state index < -0.39 is 0 Å². The van der Waals surface area contributed by atoms with Gasteiger partial charge in [0.1, 0.15) is 5.75 Å². The summed E-state index contributed by atoms with van der Waals surface area (Å²) >= 11 is 0. The highest BCUT2D eigenvalue weighted by molar-refractivity contribution is 5.27. The molecule has 0 spiro atoms. The lowest BCUT2D eigenvalue weighted by molar-refractivity contribution is 0.210. The Morgan fingerprint density at radius 3 is 2.44 bits per heavy atom. The molecule has 16 heavy (non-hydrogen) atoms. The van der Waals surface area contributed by atoms with E-state index in [1.54, 1.807) is 0 Å². The molecule has 1 aliphatic rings. The predicted octanol–water partition coefficient (Wildman–Crippen LogP) is 2.93. The summed E-state index contributed by atoms with van der Waals surface area (Å²) in [7, 11) is 0. The largest absolute Gasteiger partial charge is 0.490 e. The third-order valence-corrected chi connectivity index (χ3v) is 3.15. The molecule has 2 rings (SSSR count). The Morgan fingerprint density at radius 1 is 1.12 bits per heavy atom. The van der Waals surface area contributed by atoms with Gasteiger partial charge in [-0.25, -0.2) is 0 Å². The summed E-state index contributed by atoms with van der Waals surface area (Å²) in [6.45, 7) is 0.264. The normalized spacial score (nSPS) is 16.6. The van der Waals surface area contributed by atoms with E-state index in [9.17, 15) is 0 Å². The zero-order valence-corrected chi connectivity index (χ0v) is 9.69. The molecule has 0 saturated heterocycles. The lowest BCUT2D eigenvalue weighted by Gasteiger charge is -2.13. The molecule has 1 aliphatic carbocycles. The fraction of sp³-hybridized carbons (Fsp3) is 0.571. The van der Waals surface area contributed by atoms with Gasteiger partial charge < -0.3 is 9.84 Å². The highest BCUT2D eigenvalue weighted by atomic mass is 16.5. The zero-order chi connectivity index (χ0) is 11.2. The standard InChI is InChI=1S/C14H20O2/c15-11-3-4-12-7-9-14(10-8-12)16-13-5-1-2-6-13/h7-10,13,15H,1-6,11H2. The molecule has 1 aromatic carbocycles. The molecule has 0 unspecified atom stereocenters. The molecule has 0 heterocycles. The van der Waals surface area contributed by atoms with Crippen LogP contribution in [0, 0.1) is 0 Å². The zero-order valence-electron chi connectivity index (χ0n) is 9.69. The van der Waals surface area contributed by atoms with Gasteiger partial charge in [-0.3, -0.25) is 0 Å². The molecular formula is C14H20O2. The molecule has 0 atom stereocenters. The first-order chi connectivity index (χ1) is 7.88. The average Bonchev–Trinajstić information content (AvgIpc) is 2.81. The van der Waals surface area contributed by atoms with E-state index >= 15 is 0 Å². The smallest absolute Gasteiger partial charge is 0.119 e. The second kappa shape index (κ2) is 5.90. The van der Waals surface area contributed by atoms with Crippen LogP contribution >= 0.6 is 0 Å². The Kier molecular flexibility index (Phi) is 4.23. The van der Waals surface area contributed by atoms with Crippen molar-refractivity contribution in [3.63, 3.8) is 0 Å². The molecule has 0 bridgehead atoms. The van der Waals surface area contributed by atoms with Crippen molar-refractivity contribution in [2.45, 2.75) is 44.6 Å². The molecule has 1 fully saturated rings. The van der Waals surface area contributed by atoms with E-state index in [1.165, 1.54) is 31.2 Å². The van der Waals surface area contributed by atoms with Gasteiger partial charge in [0, 0.05) is 6.61 Å². The molecule has 0 amide bonds. The van der Waals surface area contributed by atoms with Crippen molar-refractivity contribution in [1.29, 1.82) is 0 Å². The van der Waals surface area contributed by atoms with Gasteiger partial charge in [-0.2, -0.15) is 0 Å². The van der Waals surface area contributed by atoms with E-state index in [0.29, 0.717) is 6.10 Å². The maximum Gasteiger partial charge on any atom is 0.119 e. The van der Waals surface area contributed by atoms with Gasteiger partial charge in [-0.1, -0.05) is 12.1 Å². The molecule has 1 saturated carbocycles. The van der Waals surface area contributed by atoms with Crippen LogP contribution in [0.4, 0.5) is 0 Å². The van der Waals surface area contributed by atoms with Crippen molar-refractivity contribution in [2.24, 2.45) is 0 Å². The maximum atomic E-state index is 8.75. The highest BCUT2D eigenvalue weighted by Crippen LogP contribution is 2.24. The van der Waals surface area contributed by atoms with Crippen LogP contribution in [0.15, 0.2) is 24.3 Å². The highest BCUT2D eigenvalue weighted by Gasteiger charge is 2.16. The van der Waals surface area contributed by atoms with Crippen molar-refractivity contribution < 1.29 is 9.84 Å². The van der Waals surface area contributed by atoms with E-state index in [2.05, 4.69) is 12.1 Å². The van der Waals surface area contributed by atoms with Gasteiger partial charge in [0.25, 0.3) is 0 Å². The van der Waals surface area contributed by atoms with Crippen LogP contribution in [0.1, 0.15) is 37.7 Å². The van der Waals surface area contributed by atoms with Crippen LogP contribution in [0.5, 0.6) is 5.75 Å². The first kappa shape index (κ1) is 11.5. The Hall–Kier alpha value is -1.02. The quantitative estimate of drug-likeness (QED) is 0.826. The minimum absolute atomic E-state index is 0.264. The summed E-state index contributed by atoms with van der Waals surface area (Å²) < 4.78 is 5.89. The summed E-state index contributed by atoms with van der Waals surface area (Å²) in [6.07, 6.45) is 7.23. The Morgan fingerprint density at radius 2 is 1.81 bits per heavy atom. The molecular weight excluding hydrogens is 200 g/mol. The number of hydrogen-bond acceptors (Lipinski definition) is 2. The Bertz CT molecular complexity index is 299. The van der Waals surface area contributed by atoms with Crippen molar-refractivity contribution in [2.75, 3.05) is 6.61 Å². The number of benzene rings is 1. The maximum absolute atomic E-state index is 8.75. The topological polar surface area (TPSA) is 29.5 Å². The lowest BCUT2D eigenvalue weighted by Crippen LogP contribution is -2.10. The van der Waals surface area contributed by atoms with E-state index in [-0.39, 0.29) is 6.61 Å². The molecule has 0 aliphatic heterocycles. The molecule has 0 aromatic heterocycles. The average molecular weight is 220 g/mol. The van der Waals surface area contributed by atoms with Crippen LogP contribution in [-0.2, 0) is 6.42 Å². The number of hydrogen-bond donors (Lipinski definition) is 1. The van der Waals surface area contributed by atoms with Gasteiger partial charge in [-0.15, -0.1) is 0 Å². The summed E-state index contributed by atoms with van der Waals surface area (Å²) in [4.78, 5) is 0. The number of ether oxygens (including phenoxy) is 1. The van der Waals surface area contributed by atoms with Crippen LogP contribution in [0.2, 0.25) is 0 Å². The molecule has 2 nitrogen and oxygen atoms in total. The first-order valence-corrected chi connectivity index (χ1v) is 6.25. The fourth-order valence-corrected chi connectivity index (χ4v) is 2.22. The van der Waals surface area contributed by atoms with Crippen molar-refractivity contribution in [3.8, 4) is 5.75 Å². The minimum Gasteiger partial charge on any atom is -0.490 e. The van der Waals surface area contributed by atoms with Crippen LogP contribution in [-0.4, -0.2) is 17.8 Å². The number of rotatable bonds is 5. The summed E-state index contributed by atoms with van der Waals surface area (Å²) in [5.74, 6) is 0.986. The van der Waals surface area contributed by atoms with Crippen LogP contribution < -0.4 is 4.74 Å². The Labute approximate surface area is 97.3 Å². The monoisotopic (exact) mass is 220 g/mol. The third kappa shape index (κ3) is 3.24. The third-order valence-electron chi connectivity index (χ3n) is 3.15. The van der Waals surface area contributed by atoms with E-state index in [1.807, 2.05) is 12.1 Å². The second-order valence-corrected chi connectivity index (χ2v) is 4.50. The van der Waals surface area contributed by atoms with Gasteiger partial charge in [0.05, 0.1) is 6.10 Å². The van der Waals surface area contributed by atoms with Gasteiger partial charge in [-0.05, 0) is 56.2 Å². The predicted molar refractivity (Wildman–Crippen MR) is 64.7 cm³/mol. The van der Waals surface area contributed by atoms with Gasteiger partial charge >= 0.3 is 0 Å². The molecule has 0 radical (unpaired) electrons. The fourth-order valence-electron chi connectivity index (χ4n) is 2.22. The van der Waals surface area contributed by atoms with Crippen LogP contribution in [0.25, 0.3) is 0 Å². The molecule has 2 heteroatoms. The first-order valence-electron chi connectivity index (χ1n) is 6.25. The van der Waals surface area contributed by atoms with Crippen molar-refractivity contribution in [3.05, 3.63) is 29.8 Å². The lowest BCUT2D eigenvalue weighted by atomic mass is 10.1. The number of aliphatic hydroxyl groups is 1. The Balaban J connectivity index is 1.86. The number of aryl methyl sites for hydroxylation is 1. The second-order valence-electron chi connectivity index (χ2n) is 4.50. The minimum atomic E-state index is 0.264. The van der Waals surface area contributed by atoms with Gasteiger partial charge in [0.15, 0.2) is 0 Å². The summed E-state index contributed by atoms with van der Waals surface area (Å²) in [5, 5.41) is 8.75. The summed E-state index contributed by atoms with van der Waals surface area (Å²) in [6, 6.07) is 8.29. The van der Waals surface area contributed by atoms with Crippen LogP contribution in [0.3, 0.4) is 0 Å². The number of aliphatic hydroxyl groups excluding tert-OH is 1. The SMILES string of the molecule is OCCCc1ccc(OC2CCCC2)cc1. The summed E-state index contributed by atoms with van der Waals surface area (Å²) in [5.41, 5.74) is 1.27. The van der Waals surface area contributed by atoms with E-state index in [0.717, 1.165) is 18.6 Å². The van der Waals surface area contributed by atoms with Gasteiger partial charge in [0.2, 0.25) is 0 Å². The van der Waals surface area contributed by atoms with Crippen molar-refractivity contribution in [1.82, 2.24) is 0 Å². The van der Waals surface area contributed by atoms with E-state index in [4.69, 9.17) is 9.84 Å².